The second-order valence-electron chi connectivity index (χ2n) is 6.21. The topological polar surface area (TPSA) is 49.6 Å². The molecule has 0 radical (unpaired) electrons. The summed E-state index contributed by atoms with van der Waals surface area (Å²) in [4.78, 5) is 19.8. The highest BCUT2D eigenvalue weighted by Gasteiger charge is 2.22. The van der Waals surface area contributed by atoms with Gasteiger partial charge in [0.2, 0.25) is 0 Å². The molecular weight excluding hydrogens is 364 g/mol. The highest BCUT2D eigenvalue weighted by Crippen LogP contribution is 2.32. The Bertz CT molecular complexity index is 1060. The fraction of sp³-hybridized carbons (Fsp3) is 0.278. The monoisotopic (exact) mass is 382 g/mol. The molecular formula is C18H18N6S2. The van der Waals surface area contributed by atoms with E-state index in [2.05, 4.69) is 44.2 Å². The molecule has 1 aliphatic rings. The minimum atomic E-state index is 0.922. The zero-order valence-corrected chi connectivity index (χ0v) is 16.0. The molecule has 0 N–H and O–H groups in total. The predicted molar refractivity (Wildman–Crippen MR) is 109 cm³/mol. The third-order valence-electron chi connectivity index (χ3n) is 4.73. The summed E-state index contributed by atoms with van der Waals surface area (Å²) in [6.45, 7) is 3.73. The fourth-order valence-corrected chi connectivity index (χ4v) is 4.90. The van der Waals surface area contributed by atoms with Crippen LogP contribution in [0, 0.1) is 0 Å². The molecule has 5 rings (SSSR count). The van der Waals surface area contributed by atoms with Crippen molar-refractivity contribution in [2.24, 2.45) is 0 Å². The molecule has 0 bridgehead atoms. The molecule has 0 aliphatic carbocycles. The fourth-order valence-electron chi connectivity index (χ4n) is 3.33. The summed E-state index contributed by atoms with van der Waals surface area (Å²) in [7, 11) is 0. The summed E-state index contributed by atoms with van der Waals surface area (Å²) >= 11 is 3.56. The van der Waals surface area contributed by atoms with Crippen molar-refractivity contribution in [3.63, 3.8) is 0 Å². The smallest absolute Gasteiger partial charge is 0.186 e. The van der Waals surface area contributed by atoms with Gasteiger partial charge >= 0.3 is 0 Å². The number of nitrogens with zero attached hydrogens (tertiary/aromatic N) is 6. The molecule has 8 heteroatoms. The van der Waals surface area contributed by atoms with Crippen LogP contribution in [0.4, 0.5) is 10.9 Å². The predicted octanol–water partition coefficient (Wildman–Crippen LogP) is 3.39. The number of anilines is 2. The quantitative estimate of drug-likeness (QED) is 0.506. The molecule has 3 aromatic heterocycles. The third kappa shape index (κ3) is 2.69. The summed E-state index contributed by atoms with van der Waals surface area (Å²) in [5, 5.41) is 1.12. The first kappa shape index (κ1) is 15.9. The van der Waals surface area contributed by atoms with Gasteiger partial charge in [0.25, 0.3) is 0 Å². The van der Waals surface area contributed by atoms with Crippen LogP contribution in [0.3, 0.4) is 0 Å². The number of benzene rings is 1. The number of rotatable bonds is 3. The molecule has 1 saturated heterocycles. The van der Waals surface area contributed by atoms with Crippen molar-refractivity contribution < 1.29 is 0 Å². The van der Waals surface area contributed by atoms with Gasteiger partial charge in [0.15, 0.2) is 16.6 Å². The average molecular weight is 383 g/mol. The summed E-state index contributed by atoms with van der Waals surface area (Å²) < 4.78 is 3.28. The first-order valence-electron chi connectivity index (χ1n) is 8.54. The Morgan fingerprint density at radius 3 is 2.58 bits per heavy atom. The molecule has 0 spiro atoms. The van der Waals surface area contributed by atoms with Gasteiger partial charge in [-0.05, 0) is 24.5 Å². The van der Waals surface area contributed by atoms with Crippen molar-refractivity contribution >= 4 is 49.9 Å². The van der Waals surface area contributed by atoms with Crippen LogP contribution >= 0.6 is 23.1 Å². The third-order valence-corrected chi connectivity index (χ3v) is 6.53. The molecule has 1 fully saturated rings. The van der Waals surface area contributed by atoms with Crippen LogP contribution in [0.5, 0.6) is 0 Å². The molecule has 6 nitrogen and oxygen atoms in total. The molecule has 1 aromatic carbocycles. The molecule has 132 valence electrons. The van der Waals surface area contributed by atoms with Crippen LogP contribution in [0.2, 0.25) is 0 Å². The first-order chi connectivity index (χ1) is 12.8. The number of aromatic nitrogens is 4. The van der Waals surface area contributed by atoms with Crippen LogP contribution in [0.15, 0.2) is 47.9 Å². The molecule has 0 atom stereocenters. The van der Waals surface area contributed by atoms with Gasteiger partial charge in [0, 0.05) is 55.9 Å². The number of fused-ring (bicyclic) bond motifs is 2. The number of piperazine rings is 1. The summed E-state index contributed by atoms with van der Waals surface area (Å²) in [5.41, 5.74) is 2.01. The number of imidazole rings is 1. The highest BCUT2D eigenvalue weighted by atomic mass is 32.2. The highest BCUT2D eigenvalue weighted by molar-refractivity contribution is 7.98. The molecule has 4 heterocycles. The van der Waals surface area contributed by atoms with E-state index in [0.717, 1.165) is 48.3 Å². The molecule has 1 aliphatic heterocycles. The van der Waals surface area contributed by atoms with Crippen molar-refractivity contribution in [1.29, 1.82) is 0 Å². The van der Waals surface area contributed by atoms with Gasteiger partial charge in [-0.25, -0.2) is 15.0 Å². The summed E-state index contributed by atoms with van der Waals surface area (Å²) in [6, 6.07) is 6.51. The second-order valence-corrected chi connectivity index (χ2v) is 8.10. The zero-order valence-electron chi connectivity index (χ0n) is 14.4. The van der Waals surface area contributed by atoms with E-state index in [0.29, 0.717) is 0 Å². The van der Waals surface area contributed by atoms with Gasteiger partial charge in [0.1, 0.15) is 0 Å². The van der Waals surface area contributed by atoms with Crippen molar-refractivity contribution in [2.45, 2.75) is 4.90 Å². The van der Waals surface area contributed by atoms with E-state index in [1.54, 1.807) is 23.1 Å². The largest absolute Gasteiger partial charge is 0.350 e. The molecule has 0 saturated carbocycles. The van der Waals surface area contributed by atoms with Gasteiger partial charge in [0.05, 0.1) is 10.2 Å². The van der Waals surface area contributed by atoms with E-state index in [1.807, 2.05) is 29.2 Å². The van der Waals surface area contributed by atoms with E-state index in [-0.39, 0.29) is 0 Å². The maximum absolute atomic E-state index is 4.84. The molecule has 4 aromatic rings. The van der Waals surface area contributed by atoms with Gasteiger partial charge in [-0.1, -0.05) is 11.3 Å². The Balaban J connectivity index is 1.36. The lowest BCUT2D eigenvalue weighted by Gasteiger charge is -2.35. The Morgan fingerprint density at radius 1 is 1.00 bits per heavy atom. The van der Waals surface area contributed by atoms with E-state index in [1.165, 1.54) is 9.60 Å². The van der Waals surface area contributed by atoms with Crippen molar-refractivity contribution in [3.8, 4) is 0 Å². The van der Waals surface area contributed by atoms with Crippen LogP contribution < -0.4 is 9.80 Å². The molecule has 0 unspecified atom stereocenters. The lowest BCUT2D eigenvalue weighted by atomic mass is 10.3. The van der Waals surface area contributed by atoms with Gasteiger partial charge in [-0.3, -0.25) is 0 Å². The van der Waals surface area contributed by atoms with E-state index in [4.69, 9.17) is 4.98 Å². The molecule has 26 heavy (non-hydrogen) atoms. The Hall–Kier alpha value is -2.32. The second kappa shape index (κ2) is 6.44. The molecule has 0 amide bonds. The maximum atomic E-state index is 4.84. The van der Waals surface area contributed by atoms with E-state index < -0.39 is 0 Å². The maximum Gasteiger partial charge on any atom is 0.186 e. The number of thiazole rings is 1. The minimum Gasteiger partial charge on any atom is -0.350 e. The minimum absolute atomic E-state index is 0.922. The number of hydrogen-bond donors (Lipinski definition) is 0. The van der Waals surface area contributed by atoms with Crippen molar-refractivity contribution in [2.75, 3.05) is 42.2 Å². The standard InChI is InChI=1S/C18H18N6S2/c1-25-13-2-3-14-15(12-13)26-18(21-14)24-10-8-23(9-11-24)17-16-19-4-6-22(16)7-5-20-17/h2-7,12H,8-11H2,1H3. The van der Waals surface area contributed by atoms with E-state index >= 15 is 0 Å². The Labute approximate surface area is 159 Å². The average Bonchev–Trinajstić information content (AvgIpc) is 3.34. The Kier molecular flexibility index (Phi) is 3.94. The Morgan fingerprint density at radius 2 is 1.77 bits per heavy atom. The number of hydrogen-bond acceptors (Lipinski definition) is 7. The van der Waals surface area contributed by atoms with Crippen LogP contribution in [0.1, 0.15) is 0 Å². The van der Waals surface area contributed by atoms with Crippen LogP contribution in [0.25, 0.3) is 15.9 Å². The lowest BCUT2D eigenvalue weighted by Crippen LogP contribution is -2.47. The van der Waals surface area contributed by atoms with Gasteiger partial charge in [-0.15, -0.1) is 11.8 Å². The van der Waals surface area contributed by atoms with Gasteiger partial charge in [-0.2, -0.15) is 0 Å². The first-order valence-corrected chi connectivity index (χ1v) is 10.6. The summed E-state index contributed by atoms with van der Waals surface area (Å²) in [5.74, 6) is 0.964. The van der Waals surface area contributed by atoms with Gasteiger partial charge < -0.3 is 14.2 Å². The van der Waals surface area contributed by atoms with Crippen molar-refractivity contribution in [3.05, 3.63) is 43.0 Å². The number of thioether (sulfide) groups is 1. The normalized spacial score (nSPS) is 15.3. The van der Waals surface area contributed by atoms with Crippen LogP contribution in [-0.4, -0.2) is 51.8 Å². The van der Waals surface area contributed by atoms with Crippen LogP contribution in [-0.2, 0) is 0 Å². The SMILES string of the molecule is CSc1ccc2nc(N3CCN(c4nccn5ccnc45)CC3)sc2c1. The van der Waals surface area contributed by atoms with E-state index in [9.17, 15) is 0 Å². The summed E-state index contributed by atoms with van der Waals surface area (Å²) in [6.07, 6.45) is 9.66. The lowest BCUT2D eigenvalue weighted by molar-refractivity contribution is 0.646. The zero-order chi connectivity index (χ0) is 17.5. The van der Waals surface area contributed by atoms with Crippen molar-refractivity contribution in [1.82, 2.24) is 19.4 Å².